The maximum absolute atomic E-state index is 12.0. The molecule has 0 radical (unpaired) electrons. The number of methoxy groups -OCH3 is 1. The van der Waals surface area contributed by atoms with E-state index in [1.54, 1.807) is 31.4 Å². The Kier molecular flexibility index (Phi) is 4.15. The molecule has 1 saturated heterocycles. The molecule has 1 N–H and O–H groups in total. The zero-order valence-corrected chi connectivity index (χ0v) is 10.8. The van der Waals surface area contributed by atoms with Crippen LogP contribution in [0.2, 0.25) is 0 Å². The first kappa shape index (κ1) is 13.5. The van der Waals surface area contributed by atoms with Crippen molar-refractivity contribution < 1.29 is 14.3 Å². The lowest BCUT2D eigenvalue weighted by molar-refractivity contribution is -0.0148. The minimum absolute atomic E-state index is 0.208. The van der Waals surface area contributed by atoms with Crippen LogP contribution in [-0.4, -0.2) is 38.4 Å². The average molecular weight is 260 g/mol. The molecule has 1 aliphatic rings. The fourth-order valence-corrected chi connectivity index (χ4v) is 2.03. The lowest BCUT2D eigenvalue weighted by Crippen LogP contribution is -2.45. The van der Waals surface area contributed by atoms with Crippen LogP contribution in [-0.2, 0) is 9.47 Å². The molecule has 1 amide bonds. The second-order valence-corrected chi connectivity index (χ2v) is 4.57. The number of nitrogens with one attached hydrogen (secondary N) is 1. The topological polar surface area (TPSA) is 71.3 Å². The number of benzene rings is 1. The summed E-state index contributed by atoms with van der Waals surface area (Å²) >= 11 is 0. The molecule has 1 aliphatic heterocycles. The second-order valence-electron chi connectivity index (χ2n) is 4.57. The van der Waals surface area contributed by atoms with Crippen molar-refractivity contribution in [3.63, 3.8) is 0 Å². The first-order valence-corrected chi connectivity index (χ1v) is 6.10. The van der Waals surface area contributed by atoms with Crippen molar-refractivity contribution in [3.05, 3.63) is 35.4 Å². The Morgan fingerprint density at radius 2 is 2.47 bits per heavy atom. The standard InChI is InChI=1S/C14H16N2O3/c1-18-14(5-6-19-10-14)9-16-13(17)12-4-2-3-11(7-12)8-15/h2-4,7H,5-6,9-10H2,1H3,(H,16,17). The van der Waals surface area contributed by atoms with Crippen LogP contribution in [0.5, 0.6) is 0 Å². The number of carbonyl (C=O) groups excluding carboxylic acids is 1. The van der Waals surface area contributed by atoms with Gasteiger partial charge in [-0.15, -0.1) is 0 Å². The Labute approximate surface area is 112 Å². The molecule has 0 aromatic heterocycles. The number of ether oxygens (including phenoxy) is 2. The van der Waals surface area contributed by atoms with Gasteiger partial charge in [-0.1, -0.05) is 6.07 Å². The molecule has 0 bridgehead atoms. The summed E-state index contributed by atoms with van der Waals surface area (Å²) in [5.74, 6) is -0.208. The summed E-state index contributed by atoms with van der Waals surface area (Å²) in [4.78, 5) is 12.0. The highest BCUT2D eigenvalue weighted by atomic mass is 16.5. The minimum atomic E-state index is -0.428. The van der Waals surface area contributed by atoms with Crippen LogP contribution in [0.3, 0.4) is 0 Å². The van der Waals surface area contributed by atoms with Crippen LogP contribution in [0.1, 0.15) is 22.3 Å². The van der Waals surface area contributed by atoms with Crippen LogP contribution in [0, 0.1) is 11.3 Å². The van der Waals surface area contributed by atoms with E-state index in [0.717, 1.165) is 6.42 Å². The summed E-state index contributed by atoms with van der Waals surface area (Å²) in [6.45, 7) is 1.54. The summed E-state index contributed by atoms with van der Waals surface area (Å²) in [6, 6.07) is 8.62. The van der Waals surface area contributed by atoms with Gasteiger partial charge in [0.25, 0.3) is 5.91 Å². The van der Waals surface area contributed by atoms with Crippen molar-refractivity contribution in [3.8, 4) is 6.07 Å². The Hall–Kier alpha value is -1.90. The molecule has 5 nitrogen and oxygen atoms in total. The first-order chi connectivity index (χ1) is 9.19. The van der Waals surface area contributed by atoms with Gasteiger partial charge in [-0.2, -0.15) is 5.26 Å². The average Bonchev–Trinajstić information content (AvgIpc) is 2.94. The number of hydrogen-bond donors (Lipinski definition) is 1. The van der Waals surface area contributed by atoms with E-state index in [1.165, 1.54) is 0 Å². The van der Waals surface area contributed by atoms with Gasteiger partial charge in [-0.25, -0.2) is 0 Å². The van der Waals surface area contributed by atoms with Crippen LogP contribution in [0.15, 0.2) is 24.3 Å². The van der Waals surface area contributed by atoms with Crippen molar-refractivity contribution in [1.29, 1.82) is 5.26 Å². The fourth-order valence-electron chi connectivity index (χ4n) is 2.03. The SMILES string of the molecule is COC1(CNC(=O)c2cccc(C#N)c2)CCOC1. The number of nitrogens with zero attached hydrogens (tertiary/aromatic N) is 1. The molecule has 100 valence electrons. The van der Waals surface area contributed by atoms with Crippen molar-refractivity contribution in [2.45, 2.75) is 12.0 Å². The Morgan fingerprint density at radius 3 is 3.11 bits per heavy atom. The number of amides is 1. The molecule has 1 fully saturated rings. The molecule has 0 spiro atoms. The van der Waals surface area contributed by atoms with Crippen molar-refractivity contribution in [1.82, 2.24) is 5.32 Å². The molecule has 0 aliphatic carbocycles. The molecule has 1 atom stereocenters. The van der Waals surface area contributed by atoms with E-state index >= 15 is 0 Å². The smallest absolute Gasteiger partial charge is 0.251 e. The summed E-state index contributed by atoms with van der Waals surface area (Å²) in [7, 11) is 1.62. The van der Waals surface area contributed by atoms with E-state index in [-0.39, 0.29) is 5.91 Å². The van der Waals surface area contributed by atoms with Gasteiger partial charge in [0.05, 0.1) is 18.2 Å². The third-order valence-electron chi connectivity index (χ3n) is 3.33. The Bertz CT molecular complexity index is 502. The zero-order valence-electron chi connectivity index (χ0n) is 10.8. The summed E-state index contributed by atoms with van der Waals surface area (Å²) in [5, 5.41) is 11.6. The van der Waals surface area contributed by atoms with Crippen LogP contribution in [0.25, 0.3) is 0 Å². The Balaban J connectivity index is 1.99. The van der Waals surface area contributed by atoms with Crippen molar-refractivity contribution in [2.24, 2.45) is 0 Å². The highest BCUT2D eigenvalue weighted by Gasteiger charge is 2.35. The molecule has 1 unspecified atom stereocenters. The van der Waals surface area contributed by atoms with E-state index in [0.29, 0.717) is 30.9 Å². The molecule has 2 rings (SSSR count). The third-order valence-corrected chi connectivity index (χ3v) is 3.33. The van der Waals surface area contributed by atoms with Gasteiger partial charge in [0.1, 0.15) is 5.60 Å². The second kappa shape index (κ2) is 5.83. The van der Waals surface area contributed by atoms with Crippen molar-refractivity contribution in [2.75, 3.05) is 26.9 Å². The summed E-state index contributed by atoms with van der Waals surface area (Å²) < 4.78 is 10.7. The summed E-state index contributed by atoms with van der Waals surface area (Å²) in [5.41, 5.74) is 0.519. The minimum Gasteiger partial charge on any atom is -0.378 e. The lowest BCUT2D eigenvalue weighted by Gasteiger charge is -2.25. The normalized spacial score (nSPS) is 21.9. The van der Waals surface area contributed by atoms with E-state index in [4.69, 9.17) is 14.7 Å². The summed E-state index contributed by atoms with van der Waals surface area (Å²) in [6.07, 6.45) is 0.766. The monoisotopic (exact) mass is 260 g/mol. The van der Waals surface area contributed by atoms with Gasteiger partial charge in [-0.3, -0.25) is 4.79 Å². The van der Waals surface area contributed by atoms with Gasteiger partial charge in [0.2, 0.25) is 0 Å². The first-order valence-electron chi connectivity index (χ1n) is 6.10. The van der Waals surface area contributed by atoms with Gasteiger partial charge in [0.15, 0.2) is 0 Å². The van der Waals surface area contributed by atoms with Crippen LogP contribution in [0.4, 0.5) is 0 Å². The molecule has 5 heteroatoms. The van der Waals surface area contributed by atoms with Gasteiger partial charge < -0.3 is 14.8 Å². The molecule has 1 aromatic carbocycles. The van der Waals surface area contributed by atoms with E-state index in [2.05, 4.69) is 5.32 Å². The van der Waals surface area contributed by atoms with Crippen LogP contribution < -0.4 is 5.32 Å². The van der Waals surface area contributed by atoms with E-state index in [1.807, 2.05) is 6.07 Å². The van der Waals surface area contributed by atoms with Crippen molar-refractivity contribution >= 4 is 5.91 Å². The highest BCUT2D eigenvalue weighted by Crippen LogP contribution is 2.21. The van der Waals surface area contributed by atoms with Gasteiger partial charge >= 0.3 is 0 Å². The molecule has 1 aromatic rings. The predicted molar refractivity (Wildman–Crippen MR) is 68.7 cm³/mol. The predicted octanol–water partition coefficient (Wildman–Crippen LogP) is 1.09. The maximum atomic E-state index is 12.0. The third kappa shape index (κ3) is 3.11. The number of nitriles is 1. The molecule has 1 heterocycles. The molecular formula is C14H16N2O3. The van der Waals surface area contributed by atoms with E-state index < -0.39 is 5.60 Å². The zero-order chi connectivity index (χ0) is 13.7. The van der Waals surface area contributed by atoms with E-state index in [9.17, 15) is 4.79 Å². The molecule has 0 saturated carbocycles. The largest absolute Gasteiger partial charge is 0.378 e. The number of carbonyl (C=O) groups is 1. The highest BCUT2D eigenvalue weighted by molar-refractivity contribution is 5.94. The Morgan fingerprint density at radius 1 is 1.63 bits per heavy atom. The maximum Gasteiger partial charge on any atom is 0.251 e. The van der Waals surface area contributed by atoms with Gasteiger partial charge in [0, 0.05) is 32.2 Å². The number of rotatable bonds is 4. The van der Waals surface area contributed by atoms with Crippen LogP contribution >= 0.6 is 0 Å². The quantitative estimate of drug-likeness (QED) is 0.879. The number of hydrogen-bond acceptors (Lipinski definition) is 4. The molecular weight excluding hydrogens is 244 g/mol. The fraction of sp³-hybridized carbons (Fsp3) is 0.429. The van der Waals surface area contributed by atoms with Gasteiger partial charge in [-0.05, 0) is 18.2 Å². The lowest BCUT2D eigenvalue weighted by atomic mass is 10.0. The molecule has 19 heavy (non-hydrogen) atoms.